The van der Waals surface area contributed by atoms with Crippen LogP contribution in [0.2, 0.25) is 0 Å². The zero-order valence-corrected chi connectivity index (χ0v) is 10.3. The summed E-state index contributed by atoms with van der Waals surface area (Å²) in [5.41, 5.74) is 2.63. The normalized spacial score (nSPS) is 10.1. The van der Waals surface area contributed by atoms with Gasteiger partial charge in [0.25, 0.3) is 5.91 Å². The zero-order valence-electron chi connectivity index (χ0n) is 10.3. The number of benzene rings is 1. The van der Waals surface area contributed by atoms with E-state index in [-0.39, 0.29) is 11.0 Å². The van der Waals surface area contributed by atoms with Gasteiger partial charge in [0, 0.05) is 24.1 Å². The average molecular weight is 242 g/mol. The SMILES string of the molecule is Cc1ccc(NC(=O)c2c[nH]ccc2=O)c(C)c1. The molecule has 0 spiro atoms. The van der Waals surface area contributed by atoms with Crippen molar-refractivity contribution in [3.8, 4) is 0 Å². The fourth-order valence-electron chi connectivity index (χ4n) is 1.74. The van der Waals surface area contributed by atoms with Crippen molar-refractivity contribution in [3.05, 3.63) is 63.6 Å². The van der Waals surface area contributed by atoms with Gasteiger partial charge in [0.15, 0.2) is 5.43 Å². The van der Waals surface area contributed by atoms with Gasteiger partial charge in [-0.05, 0) is 25.5 Å². The molecule has 2 N–H and O–H groups in total. The van der Waals surface area contributed by atoms with Crippen LogP contribution in [0.4, 0.5) is 5.69 Å². The number of hydrogen-bond donors (Lipinski definition) is 2. The second kappa shape index (κ2) is 4.87. The van der Waals surface area contributed by atoms with Crippen molar-refractivity contribution < 1.29 is 4.79 Å². The van der Waals surface area contributed by atoms with Crippen LogP contribution in [0.25, 0.3) is 0 Å². The van der Waals surface area contributed by atoms with Crippen molar-refractivity contribution in [1.29, 1.82) is 0 Å². The summed E-state index contributed by atoms with van der Waals surface area (Å²) in [7, 11) is 0. The number of aromatic amines is 1. The predicted molar refractivity (Wildman–Crippen MR) is 70.9 cm³/mol. The number of rotatable bonds is 2. The Kier molecular flexibility index (Phi) is 3.28. The van der Waals surface area contributed by atoms with Crippen LogP contribution in [0, 0.1) is 13.8 Å². The van der Waals surface area contributed by atoms with Crippen LogP contribution in [0.3, 0.4) is 0 Å². The van der Waals surface area contributed by atoms with Gasteiger partial charge >= 0.3 is 0 Å². The molecule has 1 amide bonds. The first-order valence-corrected chi connectivity index (χ1v) is 5.63. The van der Waals surface area contributed by atoms with Gasteiger partial charge in [-0.3, -0.25) is 9.59 Å². The van der Waals surface area contributed by atoms with Crippen molar-refractivity contribution in [2.24, 2.45) is 0 Å². The molecule has 2 rings (SSSR count). The van der Waals surface area contributed by atoms with Crippen molar-refractivity contribution in [3.63, 3.8) is 0 Å². The first kappa shape index (κ1) is 12.1. The minimum atomic E-state index is -0.399. The molecule has 1 heterocycles. The van der Waals surface area contributed by atoms with Crippen LogP contribution in [-0.4, -0.2) is 10.9 Å². The van der Waals surface area contributed by atoms with E-state index in [1.165, 1.54) is 18.5 Å². The maximum Gasteiger partial charge on any atom is 0.261 e. The lowest BCUT2D eigenvalue weighted by molar-refractivity contribution is 0.102. The van der Waals surface area contributed by atoms with E-state index in [9.17, 15) is 9.59 Å². The van der Waals surface area contributed by atoms with Gasteiger partial charge in [0.2, 0.25) is 0 Å². The largest absolute Gasteiger partial charge is 0.367 e. The van der Waals surface area contributed by atoms with E-state index in [2.05, 4.69) is 10.3 Å². The van der Waals surface area contributed by atoms with Crippen LogP contribution in [-0.2, 0) is 0 Å². The molecule has 0 saturated heterocycles. The lowest BCUT2D eigenvalue weighted by Gasteiger charge is -2.08. The molecular weight excluding hydrogens is 228 g/mol. The van der Waals surface area contributed by atoms with Crippen LogP contribution in [0.5, 0.6) is 0 Å². The van der Waals surface area contributed by atoms with Crippen molar-refractivity contribution in [1.82, 2.24) is 4.98 Å². The van der Waals surface area contributed by atoms with Gasteiger partial charge in [0.05, 0.1) is 0 Å². The first-order valence-electron chi connectivity index (χ1n) is 5.63. The molecule has 0 radical (unpaired) electrons. The van der Waals surface area contributed by atoms with Crippen molar-refractivity contribution in [2.75, 3.05) is 5.32 Å². The predicted octanol–water partition coefficient (Wildman–Crippen LogP) is 2.24. The van der Waals surface area contributed by atoms with E-state index in [0.29, 0.717) is 5.69 Å². The molecule has 1 aromatic heterocycles. The monoisotopic (exact) mass is 242 g/mol. The fraction of sp³-hybridized carbons (Fsp3) is 0.143. The summed E-state index contributed by atoms with van der Waals surface area (Å²) < 4.78 is 0. The van der Waals surface area contributed by atoms with E-state index in [1.54, 1.807) is 0 Å². The highest BCUT2D eigenvalue weighted by atomic mass is 16.2. The molecule has 0 unspecified atom stereocenters. The van der Waals surface area contributed by atoms with Crippen LogP contribution < -0.4 is 10.7 Å². The Bertz CT molecular complexity index is 644. The average Bonchev–Trinajstić information content (AvgIpc) is 2.33. The van der Waals surface area contributed by atoms with E-state index in [1.807, 2.05) is 32.0 Å². The third-order valence-electron chi connectivity index (χ3n) is 2.70. The van der Waals surface area contributed by atoms with Crippen molar-refractivity contribution in [2.45, 2.75) is 13.8 Å². The molecule has 0 saturated carbocycles. The highest BCUT2D eigenvalue weighted by Crippen LogP contribution is 2.16. The van der Waals surface area contributed by atoms with Gasteiger partial charge in [-0.1, -0.05) is 17.7 Å². The smallest absolute Gasteiger partial charge is 0.261 e. The number of anilines is 1. The minimum Gasteiger partial charge on any atom is -0.367 e. The second-order valence-corrected chi connectivity index (χ2v) is 4.19. The highest BCUT2D eigenvalue weighted by molar-refractivity contribution is 6.04. The minimum absolute atomic E-state index is 0.109. The van der Waals surface area contributed by atoms with Crippen molar-refractivity contribution >= 4 is 11.6 Å². The molecule has 0 aliphatic rings. The van der Waals surface area contributed by atoms with Crippen LogP contribution in [0.1, 0.15) is 21.5 Å². The Morgan fingerprint density at radius 1 is 1.22 bits per heavy atom. The first-order chi connectivity index (χ1) is 8.58. The number of nitrogens with one attached hydrogen (secondary N) is 2. The molecule has 18 heavy (non-hydrogen) atoms. The lowest BCUT2D eigenvalue weighted by Crippen LogP contribution is -2.21. The molecule has 1 aromatic carbocycles. The summed E-state index contributed by atoms with van der Waals surface area (Å²) in [5, 5.41) is 2.74. The van der Waals surface area contributed by atoms with Gasteiger partial charge in [-0.15, -0.1) is 0 Å². The molecule has 92 valence electrons. The number of carbonyl (C=O) groups is 1. The topological polar surface area (TPSA) is 62.0 Å². The third kappa shape index (κ3) is 2.48. The molecular formula is C14H14N2O2. The van der Waals surface area contributed by atoms with E-state index in [0.717, 1.165) is 11.1 Å². The Labute approximate surface area is 105 Å². The quantitative estimate of drug-likeness (QED) is 0.848. The molecule has 0 aliphatic heterocycles. The maximum absolute atomic E-state index is 11.9. The number of amides is 1. The zero-order chi connectivity index (χ0) is 13.1. The van der Waals surface area contributed by atoms with Gasteiger partial charge in [-0.2, -0.15) is 0 Å². The Morgan fingerprint density at radius 2 is 2.00 bits per heavy atom. The number of pyridine rings is 1. The van der Waals surface area contributed by atoms with Crippen LogP contribution in [0.15, 0.2) is 41.5 Å². The summed E-state index contributed by atoms with van der Waals surface area (Å²) in [6.07, 6.45) is 2.90. The number of H-pyrrole nitrogens is 1. The summed E-state index contributed by atoms with van der Waals surface area (Å²) in [4.78, 5) is 26.2. The maximum atomic E-state index is 11.9. The molecule has 4 nitrogen and oxygen atoms in total. The summed E-state index contributed by atoms with van der Waals surface area (Å²) >= 11 is 0. The van der Waals surface area contributed by atoms with Gasteiger partial charge in [-0.25, -0.2) is 0 Å². The summed E-state index contributed by atoms with van der Waals surface area (Å²) in [6, 6.07) is 7.05. The number of aromatic nitrogens is 1. The Hall–Kier alpha value is -2.36. The molecule has 2 aromatic rings. The molecule has 0 aliphatic carbocycles. The van der Waals surface area contributed by atoms with E-state index < -0.39 is 5.91 Å². The standard InChI is InChI=1S/C14H14N2O2/c1-9-3-4-12(10(2)7-9)16-14(18)11-8-15-6-5-13(11)17/h3-8H,1-2H3,(H,15,17)(H,16,18). The summed E-state index contributed by atoms with van der Waals surface area (Å²) in [5.74, 6) is -0.399. The number of carbonyl (C=O) groups excluding carboxylic acids is 1. The molecule has 0 bridgehead atoms. The fourth-order valence-corrected chi connectivity index (χ4v) is 1.74. The van der Waals surface area contributed by atoms with Gasteiger partial charge < -0.3 is 10.3 Å². The number of aryl methyl sites for hydroxylation is 2. The number of hydrogen-bond acceptors (Lipinski definition) is 2. The summed E-state index contributed by atoms with van der Waals surface area (Å²) in [6.45, 7) is 3.90. The Balaban J connectivity index is 2.27. The van der Waals surface area contributed by atoms with E-state index in [4.69, 9.17) is 0 Å². The molecule has 4 heteroatoms. The van der Waals surface area contributed by atoms with Crippen LogP contribution >= 0.6 is 0 Å². The molecule has 0 atom stereocenters. The molecule has 0 fully saturated rings. The second-order valence-electron chi connectivity index (χ2n) is 4.19. The Morgan fingerprint density at radius 3 is 2.67 bits per heavy atom. The van der Waals surface area contributed by atoms with E-state index >= 15 is 0 Å². The van der Waals surface area contributed by atoms with Gasteiger partial charge in [0.1, 0.15) is 5.56 Å². The third-order valence-corrected chi connectivity index (χ3v) is 2.70. The highest BCUT2D eigenvalue weighted by Gasteiger charge is 2.10. The lowest BCUT2D eigenvalue weighted by atomic mass is 10.1.